The molecular formula is C25H25FN4O2. The number of amides is 2. The number of fused-ring (bicyclic) bond motifs is 1. The van der Waals surface area contributed by atoms with Crippen LogP contribution < -0.4 is 0 Å². The average Bonchev–Trinajstić information content (AvgIpc) is 3.34. The standard InChI is InChI=1S/C25H25FN4O2/c26-21-12-5-4-10-19(21)24(31)28-14-7-15-29(17-16-28)25(32)23-20-11-6-13-22(20)30(27-23)18-8-2-1-3-9-18/h1-5,8-10,12H,6-7,11,13-17H2. The zero-order valence-corrected chi connectivity index (χ0v) is 17.8. The summed E-state index contributed by atoms with van der Waals surface area (Å²) in [4.78, 5) is 29.7. The maximum atomic E-state index is 14.1. The average molecular weight is 432 g/mol. The molecule has 0 radical (unpaired) electrons. The van der Waals surface area contributed by atoms with Gasteiger partial charge in [0.15, 0.2) is 5.69 Å². The molecule has 2 amide bonds. The molecule has 2 aromatic carbocycles. The van der Waals surface area contributed by atoms with E-state index in [1.807, 2.05) is 35.0 Å². The van der Waals surface area contributed by atoms with E-state index < -0.39 is 5.82 Å². The highest BCUT2D eigenvalue weighted by Crippen LogP contribution is 2.29. The molecule has 3 aromatic rings. The summed E-state index contributed by atoms with van der Waals surface area (Å²) in [5, 5.41) is 4.72. The fourth-order valence-electron chi connectivity index (χ4n) is 4.67. The van der Waals surface area contributed by atoms with E-state index in [2.05, 4.69) is 0 Å². The topological polar surface area (TPSA) is 58.4 Å². The van der Waals surface area contributed by atoms with Gasteiger partial charge in [0.25, 0.3) is 11.8 Å². The lowest BCUT2D eigenvalue weighted by molar-refractivity contribution is 0.0712. The van der Waals surface area contributed by atoms with Crippen LogP contribution in [-0.2, 0) is 12.8 Å². The molecule has 6 nitrogen and oxygen atoms in total. The normalized spacial score (nSPS) is 16.0. The van der Waals surface area contributed by atoms with Gasteiger partial charge in [-0.25, -0.2) is 9.07 Å². The number of rotatable bonds is 3. The summed E-state index contributed by atoms with van der Waals surface area (Å²) < 4.78 is 16.0. The molecule has 1 aliphatic heterocycles. The van der Waals surface area contributed by atoms with Gasteiger partial charge in [0, 0.05) is 37.4 Å². The quantitative estimate of drug-likeness (QED) is 0.637. The van der Waals surface area contributed by atoms with Crippen LogP contribution >= 0.6 is 0 Å². The predicted octanol–water partition coefficient (Wildman–Crippen LogP) is 3.49. The molecule has 5 rings (SSSR count). The Kier molecular flexibility index (Phi) is 5.47. The number of carbonyl (C=O) groups excluding carboxylic acids is 2. The molecule has 0 atom stereocenters. The van der Waals surface area contributed by atoms with Crippen molar-refractivity contribution in [3.8, 4) is 5.69 Å². The fraction of sp³-hybridized carbons (Fsp3) is 0.320. The minimum absolute atomic E-state index is 0.0756. The second-order valence-electron chi connectivity index (χ2n) is 8.29. The van der Waals surface area contributed by atoms with Crippen LogP contribution in [0, 0.1) is 5.82 Å². The molecule has 0 N–H and O–H groups in total. The van der Waals surface area contributed by atoms with Gasteiger partial charge in [-0.1, -0.05) is 30.3 Å². The first-order chi connectivity index (χ1) is 15.6. The summed E-state index contributed by atoms with van der Waals surface area (Å²) in [6.45, 7) is 1.83. The van der Waals surface area contributed by atoms with E-state index in [1.54, 1.807) is 21.9 Å². The lowest BCUT2D eigenvalue weighted by Gasteiger charge is -2.22. The molecule has 32 heavy (non-hydrogen) atoms. The number of halogens is 1. The molecule has 164 valence electrons. The number of hydrogen-bond acceptors (Lipinski definition) is 3. The Bertz CT molecular complexity index is 1160. The minimum Gasteiger partial charge on any atom is -0.337 e. The minimum atomic E-state index is -0.517. The summed E-state index contributed by atoms with van der Waals surface area (Å²) in [6, 6.07) is 15.9. The summed E-state index contributed by atoms with van der Waals surface area (Å²) in [6.07, 6.45) is 3.43. The zero-order chi connectivity index (χ0) is 22.1. The van der Waals surface area contributed by atoms with Crippen LogP contribution in [0.25, 0.3) is 5.69 Å². The molecule has 0 spiro atoms. The summed E-state index contributed by atoms with van der Waals surface area (Å²) in [7, 11) is 0. The maximum Gasteiger partial charge on any atom is 0.274 e. The van der Waals surface area contributed by atoms with Gasteiger partial charge < -0.3 is 9.80 Å². The number of benzene rings is 2. The predicted molar refractivity (Wildman–Crippen MR) is 118 cm³/mol. The first-order valence-electron chi connectivity index (χ1n) is 11.1. The van der Waals surface area contributed by atoms with Crippen molar-refractivity contribution in [2.45, 2.75) is 25.7 Å². The van der Waals surface area contributed by atoms with Gasteiger partial charge in [0.1, 0.15) is 5.82 Å². The van der Waals surface area contributed by atoms with Gasteiger partial charge in [-0.3, -0.25) is 9.59 Å². The van der Waals surface area contributed by atoms with Crippen molar-refractivity contribution >= 4 is 11.8 Å². The third-order valence-corrected chi connectivity index (χ3v) is 6.31. The van der Waals surface area contributed by atoms with E-state index in [9.17, 15) is 14.0 Å². The van der Waals surface area contributed by atoms with Crippen LogP contribution in [0.1, 0.15) is 44.9 Å². The van der Waals surface area contributed by atoms with E-state index in [4.69, 9.17) is 5.10 Å². The molecule has 0 bridgehead atoms. The fourth-order valence-corrected chi connectivity index (χ4v) is 4.67. The summed E-state index contributed by atoms with van der Waals surface area (Å²) >= 11 is 0. The van der Waals surface area contributed by atoms with Crippen molar-refractivity contribution in [3.63, 3.8) is 0 Å². The Morgan fingerprint density at radius 2 is 1.47 bits per heavy atom. The van der Waals surface area contributed by atoms with E-state index >= 15 is 0 Å². The number of para-hydroxylation sites is 1. The summed E-state index contributed by atoms with van der Waals surface area (Å²) in [5.74, 6) is -0.929. The van der Waals surface area contributed by atoms with Gasteiger partial charge in [0.2, 0.25) is 0 Å². The Labute approximate surface area is 186 Å². The van der Waals surface area contributed by atoms with Crippen LogP contribution in [0.5, 0.6) is 0 Å². The molecule has 1 aliphatic carbocycles. The molecule has 1 fully saturated rings. The lowest BCUT2D eigenvalue weighted by Crippen LogP contribution is -2.38. The molecule has 0 saturated carbocycles. The van der Waals surface area contributed by atoms with Crippen molar-refractivity contribution in [3.05, 3.63) is 82.9 Å². The zero-order valence-electron chi connectivity index (χ0n) is 17.8. The second kappa shape index (κ2) is 8.57. The molecule has 7 heteroatoms. The van der Waals surface area contributed by atoms with Crippen molar-refractivity contribution in [2.75, 3.05) is 26.2 Å². The Morgan fingerprint density at radius 1 is 0.781 bits per heavy atom. The maximum absolute atomic E-state index is 14.1. The highest BCUT2D eigenvalue weighted by atomic mass is 19.1. The lowest BCUT2D eigenvalue weighted by atomic mass is 10.2. The highest BCUT2D eigenvalue weighted by molar-refractivity contribution is 5.95. The van der Waals surface area contributed by atoms with E-state index in [-0.39, 0.29) is 17.4 Å². The van der Waals surface area contributed by atoms with Crippen molar-refractivity contribution in [1.82, 2.24) is 19.6 Å². The van der Waals surface area contributed by atoms with E-state index in [0.717, 1.165) is 36.2 Å². The third kappa shape index (κ3) is 3.68. The molecule has 0 unspecified atom stereocenters. The van der Waals surface area contributed by atoms with Crippen molar-refractivity contribution in [1.29, 1.82) is 0 Å². The third-order valence-electron chi connectivity index (χ3n) is 6.31. The van der Waals surface area contributed by atoms with Crippen LogP contribution in [0.15, 0.2) is 54.6 Å². The van der Waals surface area contributed by atoms with E-state index in [0.29, 0.717) is 38.3 Å². The first kappa shape index (κ1) is 20.4. The van der Waals surface area contributed by atoms with Gasteiger partial charge in [0.05, 0.1) is 11.3 Å². The smallest absolute Gasteiger partial charge is 0.274 e. The number of aromatic nitrogens is 2. The van der Waals surface area contributed by atoms with Crippen LogP contribution in [-0.4, -0.2) is 57.6 Å². The van der Waals surface area contributed by atoms with Crippen LogP contribution in [0.4, 0.5) is 4.39 Å². The van der Waals surface area contributed by atoms with Gasteiger partial charge >= 0.3 is 0 Å². The highest BCUT2D eigenvalue weighted by Gasteiger charge is 2.31. The van der Waals surface area contributed by atoms with Crippen molar-refractivity contribution < 1.29 is 14.0 Å². The first-order valence-corrected chi connectivity index (χ1v) is 11.1. The number of hydrogen-bond donors (Lipinski definition) is 0. The second-order valence-corrected chi connectivity index (χ2v) is 8.29. The number of nitrogens with zero attached hydrogens (tertiary/aromatic N) is 4. The van der Waals surface area contributed by atoms with E-state index in [1.165, 1.54) is 12.1 Å². The number of carbonyl (C=O) groups is 2. The Balaban J connectivity index is 1.35. The van der Waals surface area contributed by atoms with Crippen LogP contribution in [0.3, 0.4) is 0 Å². The van der Waals surface area contributed by atoms with Gasteiger partial charge in [-0.05, 0) is 49.9 Å². The van der Waals surface area contributed by atoms with Gasteiger partial charge in [-0.2, -0.15) is 5.10 Å². The largest absolute Gasteiger partial charge is 0.337 e. The Morgan fingerprint density at radius 3 is 2.22 bits per heavy atom. The molecule has 2 heterocycles. The molecule has 1 aromatic heterocycles. The monoisotopic (exact) mass is 432 g/mol. The molecular weight excluding hydrogens is 407 g/mol. The van der Waals surface area contributed by atoms with Gasteiger partial charge in [-0.15, -0.1) is 0 Å². The SMILES string of the molecule is O=C(c1ccccc1F)N1CCCN(C(=O)c2nn(-c3ccccc3)c3c2CCC3)CC1. The molecule has 2 aliphatic rings. The summed E-state index contributed by atoms with van der Waals surface area (Å²) in [5.41, 5.74) is 3.72. The van der Waals surface area contributed by atoms with Crippen LogP contribution in [0.2, 0.25) is 0 Å². The Hall–Kier alpha value is -3.48. The molecule has 1 saturated heterocycles. The van der Waals surface area contributed by atoms with Crippen molar-refractivity contribution in [2.24, 2.45) is 0 Å².